The van der Waals surface area contributed by atoms with E-state index in [0.717, 1.165) is 28.1 Å². The SMILES string of the molecule is COc1ccc(CNc2ncnc3c(C)c(-c4ncc(N)cc4C)n(-c4ccc(O)c(F)c4)c23)cc1. The van der Waals surface area contributed by atoms with Crippen LogP contribution in [0.3, 0.4) is 0 Å². The van der Waals surface area contributed by atoms with Crippen LogP contribution in [0.2, 0.25) is 0 Å². The Labute approximate surface area is 207 Å². The van der Waals surface area contributed by atoms with Gasteiger partial charge in [0.05, 0.1) is 35.9 Å². The van der Waals surface area contributed by atoms with Gasteiger partial charge in [-0.05, 0) is 55.3 Å². The highest BCUT2D eigenvalue weighted by molar-refractivity contribution is 5.96. The number of hydrogen-bond donors (Lipinski definition) is 3. The van der Waals surface area contributed by atoms with Gasteiger partial charge in [0.15, 0.2) is 17.4 Å². The Hall–Kier alpha value is -4.66. The first kappa shape index (κ1) is 23.1. The molecule has 3 heterocycles. The summed E-state index contributed by atoms with van der Waals surface area (Å²) in [5.41, 5.74) is 12.5. The third kappa shape index (κ3) is 4.04. The van der Waals surface area contributed by atoms with E-state index in [0.29, 0.717) is 40.5 Å². The molecule has 0 radical (unpaired) electrons. The number of aryl methyl sites for hydroxylation is 2. The van der Waals surface area contributed by atoms with Crippen LogP contribution in [-0.4, -0.2) is 31.7 Å². The maximum absolute atomic E-state index is 14.5. The summed E-state index contributed by atoms with van der Waals surface area (Å²) in [5, 5.41) is 13.2. The third-order valence-electron chi connectivity index (χ3n) is 6.11. The fraction of sp³-hybridized carbons (Fsp3) is 0.148. The highest BCUT2D eigenvalue weighted by atomic mass is 19.1. The number of nitrogens with two attached hydrogens (primary N) is 1. The van der Waals surface area contributed by atoms with Gasteiger partial charge in [-0.25, -0.2) is 14.4 Å². The average Bonchev–Trinajstić information content (AvgIpc) is 3.17. The van der Waals surface area contributed by atoms with E-state index in [4.69, 9.17) is 10.5 Å². The minimum Gasteiger partial charge on any atom is -0.505 e. The van der Waals surface area contributed by atoms with Gasteiger partial charge < -0.3 is 25.5 Å². The van der Waals surface area contributed by atoms with Crippen LogP contribution in [-0.2, 0) is 6.54 Å². The summed E-state index contributed by atoms with van der Waals surface area (Å²) in [5.74, 6) is 0.193. The second-order valence-corrected chi connectivity index (χ2v) is 8.50. The Bertz CT molecular complexity index is 1580. The van der Waals surface area contributed by atoms with Crippen molar-refractivity contribution in [3.63, 3.8) is 0 Å². The second kappa shape index (κ2) is 9.18. The summed E-state index contributed by atoms with van der Waals surface area (Å²) in [7, 11) is 1.63. The van der Waals surface area contributed by atoms with Gasteiger partial charge >= 0.3 is 0 Å². The molecule has 0 aliphatic carbocycles. The minimum atomic E-state index is -0.732. The molecule has 0 fully saturated rings. The van der Waals surface area contributed by atoms with Gasteiger partial charge in [0.25, 0.3) is 0 Å². The van der Waals surface area contributed by atoms with Crippen molar-refractivity contribution in [1.29, 1.82) is 0 Å². The van der Waals surface area contributed by atoms with Crippen LogP contribution < -0.4 is 15.8 Å². The molecular formula is C27H25FN6O2. The van der Waals surface area contributed by atoms with Gasteiger partial charge in [-0.3, -0.25) is 4.98 Å². The maximum atomic E-state index is 14.5. The number of nitrogens with zero attached hydrogens (tertiary/aromatic N) is 4. The largest absolute Gasteiger partial charge is 0.505 e. The number of rotatable bonds is 6. The molecule has 182 valence electrons. The van der Waals surface area contributed by atoms with E-state index in [9.17, 15) is 9.50 Å². The predicted octanol–water partition coefficient (Wildman–Crippen LogP) is 5.15. The summed E-state index contributed by atoms with van der Waals surface area (Å²) in [6.45, 7) is 4.37. The number of phenolic OH excluding ortho intramolecular Hbond substituents is 1. The lowest BCUT2D eigenvalue weighted by Crippen LogP contribution is -2.06. The number of nitrogens with one attached hydrogen (secondary N) is 1. The molecule has 0 saturated heterocycles. The standard InChI is InChI=1S/C27H25FN6O2/c1-15-10-18(29)13-30-23(15)25-16(2)24-26(34(25)19-6-9-22(35)21(28)11-19)27(33-14-32-24)31-12-17-4-7-20(36-3)8-5-17/h4-11,13-14,35H,12,29H2,1-3H3,(H,31,32,33). The normalized spacial score (nSPS) is 11.1. The molecule has 5 rings (SSSR count). The van der Waals surface area contributed by atoms with Crippen molar-refractivity contribution in [3.05, 3.63) is 83.6 Å². The van der Waals surface area contributed by atoms with Crippen molar-refractivity contribution in [2.75, 3.05) is 18.2 Å². The zero-order valence-electron chi connectivity index (χ0n) is 20.1. The number of fused-ring (bicyclic) bond motifs is 1. The Kier molecular flexibility index (Phi) is 5.89. The maximum Gasteiger partial charge on any atom is 0.166 e. The number of aromatic nitrogens is 4. The van der Waals surface area contributed by atoms with Crippen LogP contribution in [0.15, 0.2) is 61.1 Å². The number of benzene rings is 2. The molecule has 0 unspecified atom stereocenters. The number of ether oxygens (including phenoxy) is 1. The first-order valence-electron chi connectivity index (χ1n) is 11.3. The number of methoxy groups -OCH3 is 1. The lowest BCUT2D eigenvalue weighted by molar-refractivity contribution is 0.414. The Morgan fingerprint density at radius 2 is 1.83 bits per heavy atom. The van der Waals surface area contributed by atoms with Gasteiger partial charge in [0.2, 0.25) is 0 Å². The van der Waals surface area contributed by atoms with Crippen molar-refractivity contribution < 1.29 is 14.2 Å². The zero-order valence-corrected chi connectivity index (χ0v) is 20.1. The second-order valence-electron chi connectivity index (χ2n) is 8.50. The molecule has 2 aromatic carbocycles. The van der Waals surface area contributed by atoms with E-state index < -0.39 is 11.6 Å². The molecule has 9 heteroatoms. The average molecular weight is 485 g/mol. The van der Waals surface area contributed by atoms with Crippen LogP contribution in [0, 0.1) is 19.7 Å². The molecule has 0 saturated carbocycles. The molecule has 36 heavy (non-hydrogen) atoms. The molecule has 0 bridgehead atoms. The Balaban J connectivity index is 1.72. The van der Waals surface area contributed by atoms with Crippen LogP contribution in [0.1, 0.15) is 16.7 Å². The first-order chi connectivity index (χ1) is 17.4. The molecule has 4 N–H and O–H groups in total. The highest BCUT2D eigenvalue weighted by Crippen LogP contribution is 2.38. The van der Waals surface area contributed by atoms with E-state index in [-0.39, 0.29) is 0 Å². The van der Waals surface area contributed by atoms with Crippen molar-refractivity contribution in [1.82, 2.24) is 19.5 Å². The Morgan fingerprint density at radius 3 is 2.53 bits per heavy atom. The van der Waals surface area contributed by atoms with Gasteiger partial charge in [-0.15, -0.1) is 0 Å². The Morgan fingerprint density at radius 1 is 1.06 bits per heavy atom. The number of halogens is 1. The van der Waals surface area contributed by atoms with Gasteiger partial charge in [-0.1, -0.05) is 12.1 Å². The van der Waals surface area contributed by atoms with Crippen LogP contribution in [0.25, 0.3) is 28.1 Å². The number of hydrogen-bond acceptors (Lipinski definition) is 7. The number of nitrogen functional groups attached to an aromatic ring is 1. The topological polar surface area (TPSA) is 111 Å². The third-order valence-corrected chi connectivity index (χ3v) is 6.11. The number of aromatic hydroxyl groups is 1. The predicted molar refractivity (Wildman–Crippen MR) is 138 cm³/mol. The van der Waals surface area contributed by atoms with Crippen molar-refractivity contribution in [2.45, 2.75) is 20.4 Å². The van der Waals surface area contributed by atoms with E-state index in [1.165, 1.54) is 18.5 Å². The molecule has 0 spiro atoms. The smallest absolute Gasteiger partial charge is 0.166 e. The monoisotopic (exact) mass is 484 g/mol. The fourth-order valence-electron chi connectivity index (χ4n) is 4.34. The first-order valence-corrected chi connectivity index (χ1v) is 11.3. The number of pyridine rings is 1. The molecule has 3 aromatic heterocycles. The number of phenols is 1. The van der Waals surface area contributed by atoms with E-state index in [2.05, 4.69) is 20.3 Å². The van der Waals surface area contributed by atoms with Crippen LogP contribution in [0.4, 0.5) is 15.9 Å². The van der Waals surface area contributed by atoms with Gasteiger partial charge in [0.1, 0.15) is 17.6 Å². The summed E-state index contributed by atoms with van der Waals surface area (Å²) in [4.78, 5) is 13.7. The van der Waals surface area contributed by atoms with Crippen LogP contribution >= 0.6 is 0 Å². The van der Waals surface area contributed by atoms with Crippen molar-refractivity contribution >= 4 is 22.5 Å². The summed E-state index contributed by atoms with van der Waals surface area (Å²) < 4.78 is 21.6. The van der Waals surface area contributed by atoms with Gasteiger partial charge in [-0.2, -0.15) is 0 Å². The van der Waals surface area contributed by atoms with Crippen LogP contribution in [0.5, 0.6) is 11.5 Å². The summed E-state index contributed by atoms with van der Waals surface area (Å²) in [6, 6.07) is 13.8. The minimum absolute atomic E-state index is 0.427. The van der Waals surface area contributed by atoms with Gasteiger partial charge in [0, 0.05) is 23.9 Å². The molecule has 5 aromatic rings. The molecule has 0 amide bonds. The lowest BCUT2D eigenvalue weighted by Gasteiger charge is -2.15. The van der Waals surface area contributed by atoms with E-state index in [1.807, 2.05) is 48.7 Å². The van der Waals surface area contributed by atoms with Crippen molar-refractivity contribution in [3.8, 4) is 28.6 Å². The lowest BCUT2D eigenvalue weighted by atomic mass is 10.1. The highest BCUT2D eigenvalue weighted by Gasteiger charge is 2.24. The summed E-state index contributed by atoms with van der Waals surface area (Å²) >= 11 is 0. The quantitative estimate of drug-likeness (QED) is 0.306. The molecule has 0 atom stereocenters. The molecular weight excluding hydrogens is 459 g/mol. The molecule has 0 aliphatic heterocycles. The summed E-state index contributed by atoms with van der Waals surface area (Å²) in [6.07, 6.45) is 3.09. The number of anilines is 2. The zero-order chi connectivity index (χ0) is 25.4. The van der Waals surface area contributed by atoms with Crippen molar-refractivity contribution in [2.24, 2.45) is 0 Å². The fourth-order valence-corrected chi connectivity index (χ4v) is 4.34. The van der Waals surface area contributed by atoms with E-state index in [1.54, 1.807) is 19.4 Å². The van der Waals surface area contributed by atoms with E-state index >= 15 is 0 Å². The molecule has 8 nitrogen and oxygen atoms in total. The molecule has 0 aliphatic rings.